The molecular weight excluding hydrogens is 258 g/mol. The first kappa shape index (κ1) is 15.1. The van der Waals surface area contributed by atoms with Crippen molar-refractivity contribution in [2.45, 2.75) is 58.1 Å². The Balaban J connectivity index is 1.72. The fourth-order valence-electron chi connectivity index (χ4n) is 4.22. The average molecular weight is 287 g/mol. The summed E-state index contributed by atoms with van der Waals surface area (Å²) >= 11 is 0. The van der Waals surface area contributed by atoms with Gasteiger partial charge in [-0.25, -0.2) is 0 Å². The van der Waals surface area contributed by atoms with Crippen LogP contribution in [0.1, 0.15) is 56.8 Å². The van der Waals surface area contributed by atoms with Gasteiger partial charge in [0.1, 0.15) is 0 Å². The normalized spacial score (nSPS) is 28.4. The molecule has 1 fully saturated rings. The minimum absolute atomic E-state index is 0.306. The molecule has 1 N–H and O–H groups in total. The van der Waals surface area contributed by atoms with Crippen LogP contribution in [0.25, 0.3) is 0 Å². The van der Waals surface area contributed by atoms with Gasteiger partial charge >= 0.3 is 0 Å². The number of benzene rings is 1. The highest BCUT2D eigenvalue weighted by Crippen LogP contribution is 2.34. The van der Waals surface area contributed by atoms with Crippen molar-refractivity contribution in [2.24, 2.45) is 11.8 Å². The molecule has 0 aromatic heterocycles. The molecule has 21 heavy (non-hydrogen) atoms. The Morgan fingerprint density at radius 2 is 1.81 bits per heavy atom. The van der Waals surface area contributed by atoms with Crippen LogP contribution >= 0.6 is 0 Å². The van der Waals surface area contributed by atoms with E-state index in [4.69, 9.17) is 0 Å². The molecule has 1 aliphatic heterocycles. The standard InChI is InChI=1S/C19H29NO/c1-14(2)15-10-12-20(13-11-15)18-9-5-7-16-6-3-4-8-17(16)19(18)21/h3-4,6,8,14-15,18-19,21H,5,7,9-13H2,1-2H3. The average Bonchev–Trinajstić information content (AvgIpc) is 2.67. The van der Waals surface area contributed by atoms with E-state index in [1.165, 1.54) is 30.4 Å². The smallest absolute Gasteiger partial charge is 0.0947 e. The van der Waals surface area contributed by atoms with E-state index < -0.39 is 0 Å². The first-order chi connectivity index (χ1) is 10.2. The molecule has 0 saturated carbocycles. The van der Waals surface area contributed by atoms with Crippen molar-refractivity contribution in [1.29, 1.82) is 0 Å². The van der Waals surface area contributed by atoms with E-state index in [9.17, 15) is 5.11 Å². The zero-order chi connectivity index (χ0) is 14.8. The summed E-state index contributed by atoms with van der Waals surface area (Å²) in [6.07, 6.45) is 5.72. The molecule has 2 unspecified atom stereocenters. The summed E-state index contributed by atoms with van der Waals surface area (Å²) in [7, 11) is 0. The molecule has 0 radical (unpaired) electrons. The molecule has 116 valence electrons. The molecule has 1 heterocycles. The molecule has 1 aliphatic carbocycles. The maximum atomic E-state index is 10.9. The molecule has 2 atom stereocenters. The predicted molar refractivity (Wildman–Crippen MR) is 87.3 cm³/mol. The fraction of sp³-hybridized carbons (Fsp3) is 0.684. The first-order valence-corrected chi connectivity index (χ1v) is 8.66. The number of nitrogens with zero attached hydrogens (tertiary/aromatic N) is 1. The molecule has 1 aromatic carbocycles. The Hall–Kier alpha value is -0.860. The van der Waals surface area contributed by atoms with E-state index in [2.05, 4.69) is 43.0 Å². The van der Waals surface area contributed by atoms with Crippen LogP contribution in [-0.2, 0) is 6.42 Å². The van der Waals surface area contributed by atoms with Crippen molar-refractivity contribution in [1.82, 2.24) is 4.90 Å². The maximum absolute atomic E-state index is 10.9. The summed E-state index contributed by atoms with van der Waals surface area (Å²) in [6, 6.07) is 8.79. The van der Waals surface area contributed by atoms with Crippen molar-refractivity contribution >= 4 is 0 Å². The Labute approximate surface area is 129 Å². The number of aliphatic hydroxyl groups excluding tert-OH is 1. The summed E-state index contributed by atoms with van der Waals surface area (Å²) in [4.78, 5) is 2.56. The Morgan fingerprint density at radius 3 is 2.52 bits per heavy atom. The summed E-state index contributed by atoms with van der Waals surface area (Å²) < 4.78 is 0. The highest BCUT2D eigenvalue weighted by molar-refractivity contribution is 5.31. The molecule has 0 bridgehead atoms. The van der Waals surface area contributed by atoms with Gasteiger partial charge in [0.15, 0.2) is 0 Å². The van der Waals surface area contributed by atoms with Crippen LogP contribution in [-0.4, -0.2) is 29.1 Å². The molecule has 0 spiro atoms. The van der Waals surface area contributed by atoms with Crippen molar-refractivity contribution < 1.29 is 5.11 Å². The molecule has 0 amide bonds. The number of likely N-dealkylation sites (tertiary alicyclic amines) is 1. The van der Waals surface area contributed by atoms with Gasteiger partial charge < -0.3 is 5.11 Å². The number of rotatable bonds is 2. The Kier molecular flexibility index (Phi) is 4.66. The lowest BCUT2D eigenvalue weighted by Crippen LogP contribution is -2.45. The topological polar surface area (TPSA) is 23.5 Å². The second kappa shape index (κ2) is 6.50. The van der Waals surface area contributed by atoms with Gasteiger partial charge in [-0.05, 0) is 68.2 Å². The van der Waals surface area contributed by atoms with Crippen LogP contribution in [0.5, 0.6) is 0 Å². The molecule has 2 nitrogen and oxygen atoms in total. The van der Waals surface area contributed by atoms with E-state index in [1.807, 2.05) is 0 Å². The lowest BCUT2D eigenvalue weighted by molar-refractivity contribution is 0.0204. The summed E-state index contributed by atoms with van der Waals surface area (Å²) in [5.74, 6) is 1.67. The van der Waals surface area contributed by atoms with E-state index in [0.29, 0.717) is 6.04 Å². The fourth-order valence-corrected chi connectivity index (χ4v) is 4.22. The minimum Gasteiger partial charge on any atom is -0.387 e. The van der Waals surface area contributed by atoms with Gasteiger partial charge in [-0.2, -0.15) is 0 Å². The predicted octanol–water partition coefficient (Wildman–Crippen LogP) is 3.79. The van der Waals surface area contributed by atoms with Gasteiger partial charge in [-0.1, -0.05) is 38.1 Å². The maximum Gasteiger partial charge on any atom is 0.0947 e. The molecular formula is C19H29NO. The lowest BCUT2D eigenvalue weighted by atomic mass is 9.85. The third-order valence-corrected chi connectivity index (χ3v) is 5.67. The molecule has 2 aliphatic rings. The SMILES string of the molecule is CC(C)C1CCN(C2CCCc3ccccc3C2O)CC1. The van der Waals surface area contributed by atoms with Crippen LogP contribution < -0.4 is 0 Å². The molecule has 3 rings (SSSR count). The molecule has 2 heteroatoms. The number of hydrogen-bond donors (Lipinski definition) is 1. The van der Waals surface area contributed by atoms with Gasteiger partial charge in [-0.15, -0.1) is 0 Å². The second-order valence-electron chi connectivity index (χ2n) is 7.22. The zero-order valence-corrected chi connectivity index (χ0v) is 13.5. The first-order valence-electron chi connectivity index (χ1n) is 8.66. The van der Waals surface area contributed by atoms with Crippen molar-refractivity contribution in [2.75, 3.05) is 13.1 Å². The van der Waals surface area contributed by atoms with Crippen molar-refractivity contribution in [3.8, 4) is 0 Å². The molecule has 1 saturated heterocycles. The van der Waals surface area contributed by atoms with Gasteiger partial charge in [0.05, 0.1) is 6.10 Å². The van der Waals surface area contributed by atoms with Crippen molar-refractivity contribution in [3.05, 3.63) is 35.4 Å². The van der Waals surface area contributed by atoms with Crippen molar-refractivity contribution in [3.63, 3.8) is 0 Å². The summed E-state index contributed by atoms with van der Waals surface area (Å²) in [5, 5.41) is 10.9. The number of aliphatic hydroxyl groups is 1. The number of hydrogen-bond acceptors (Lipinski definition) is 2. The van der Waals surface area contributed by atoms with E-state index in [0.717, 1.165) is 37.8 Å². The van der Waals surface area contributed by atoms with Gasteiger partial charge in [0.25, 0.3) is 0 Å². The quantitative estimate of drug-likeness (QED) is 0.837. The van der Waals surface area contributed by atoms with Gasteiger partial charge in [0, 0.05) is 6.04 Å². The second-order valence-corrected chi connectivity index (χ2v) is 7.22. The number of piperidine rings is 1. The van der Waals surface area contributed by atoms with E-state index in [-0.39, 0.29) is 6.10 Å². The largest absolute Gasteiger partial charge is 0.387 e. The van der Waals surface area contributed by atoms with Gasteiger partial charge in [-0.3, -0.25) is 4.90 Å². The summed E-state index contributed by atoms with van der Waals surface area (Å²) in [6.45, 7) is 7.01. The highest BCUT2D eigenvalue weighted by Gasteiger charge is 2.33. The monoisotopic (exact) mass is 287 g/mol. The number of aryl methyl sites for hydroxylation is 1. The third-order valence-electron chi connectivity index (χ3n) is 5.67. The Bertz CT molecular complexity index is 462. The zero-order valence-electron chi connectivity index (χ0n) is 13.5. The minimum atomic E-state index is -0.306. The van der Waals surface area contributed by atoms with Gasteiger partial charge in [0.2, 0.25) is 0 Å². The van der Waals surface area contributed by atoms with Crippen LogP contribution in [0.4, 0.5) is 0 Å². The van der Waals surface area contributed by atoms with E-state index >= 15 is 0 Å². The van der Waals surface area contributed by atoms with Crippen LogP contribution in [0.3, 0.4) is 0 Å². The lowest BCUT2D eigenvalue weighted by Gasteiger charge is -2.40. The Morgan fingerprint density at radius 1 is 1.10 bits per heavy atom. The number of fused-ring (bicyclic) bond motifs is 1. The third kappa shape index (κ3) is 3.17. The highest BCUT2D eigenvalue weighted by atomic mass is 16.3. The van der Waals surface area contributed by atoms with Crippen LogP contribution in [0.15, 0.2) is 24.3 Å². The van der Waals surface area contributed by atoms with Crippen LogP contribution in [0.2, 0.25) is 0 Å². The summed E-state index contributed by atoms with van der Waals surface area (Å²) in [5.41, 5.74) is 2.52. The molecule has 1 aromatic rings. The van der Waals surface area contributed by atoms with Crippen LogP contribution in [0, 0.1) is 11.8 Å². The van der Waals surface area contributed by atoms with E-state index in [1.54, 1.807) is 0 Å².